The topological polar surface area (TPSA) is 130 Å². The number of carbonyl (C=O) groups is 2. The Balaban J connectivity index is 0.00000261. The van der Waals surface area contributed by atoms with E-state index >= 15 is 0 Å². The van der Waals surface area contributed by atoms with E-state index in [0.29, 0.717) is 6.42 Å². The van der Waals surface area contributed by atoms with Gasteiger partial charge < -0.3 is 19.1 Å². The van der Waals surface area contributed by atoms with Gasteiger partial charge >= 0.3 is 52.7 Å². The van der Waals surface area contributed by atoms with E-state index in [9.17, 15) is 45.2 Å². The van der Waals surface area contributed by atoms with Gasteiger partial charge in [0.2, 0.25) is 0 Å². The maximum Gasteiger partial charge on any atom is 1.00 e. The Morgan fingerprint density at radius 2 is 1.89 bits per heavy atom. The van der Waals surface area contributed by atoms with Crippen LogP contribution >= 0.6 is 0 Å². The third-order valence-corrected chi connectivity index (χ3v) is 6.17. The van der Waals surface area contributed by atoms with Crippen molar-refractivity contribution in [2.75, 3.05) is 6.61 Å². The molecule has 3 rings (SSSR count). The predicted molar refractivity (Wildman–Crippen MR) is 69.6 cm³/mol. The second-order valence-electron chi connectivity index (χ2n) is 6.60. The number of hydrogen-bond acceptors (Lipinski definition) is 8. The average molecular weight is 428 g/mol. The maximum absolute atomic E-state index is 13.3. The van der Waals surface area contributed by atoms with Crippen molar-refractivity contribution in [3.8, 4) is 0 Å². The first-order valence-corrected chi connectivity index (χ1v) is 8.96. The Morgan fingerprint density at radius 1 is 1.30 bits per heavy atom. The van der Waals surface area contributed by atoms with Crippen LogP contribution in [0.2, 0.25) is 0 Å². The van der Waals surface area contributed by atoms with Crippen molar-refractivity contribution < 1.29 is 84.3 Å². The molecule has 0 aromatic rings. The smallest absolute Gasteiger partial charge is 0.743 e. The summed E-state index contributed by atoms with van der Waals surface area (Å²) in [6.45, 7) is -1.30. The van der Waals surface area contributed by atoms with Crippen LogP contribution < -0.4 is 29.6 Å². The van der Waals surface area contributed by atoms with Crippen molar-refractivity contribution in [1.29, 1.82) is 0 Å². The number of fused-ring (bicyclic) bond motifs is 1. The second-order valence-corrected chi connectivity index (χ2v) is 8.02. The van der Waals surface area contributed by atoms with Gasteiger partial charge in [-0.1, -0.05) is 0 Å². The standard InChI is InChI=1S/C13H14F4O8S.Na/c14-12(15,13(16,17)26(21,22)23)1-2-24-10(19)6-4-3-5-7(6)11(20)25-9(5)8(4)18;/h4-9,18H,1-3H2,(H,21,22,23);/q;+1/p-1. The number of halogens is 4. The quantitative estimate of drug-likeness (QED) is 0.203. The molecule has 2 saturated carbocycles. The molecule has 0 aromatic carbocycles. The summed E-state index contributed by atoms with van der Waals surface area (Å²) in [5.41, 5.74) is 0. The monoisotopic (exact) mass is 428 g/mol. The van der Waals surface area contributed by atoms with Crippen molar-refractivity contribution >= 4 is 22.1 Å². The fraction of sp³-hybridized carbons (Fsp3) is 0.846. The zero-order valence-corrected chi connectivity index (χ0v) is 16.6. The number of aliphatic hydroxyl groups is 1. The van der Waals surface area contributed by atoms with Gasteiger partial charge in [0.05, 0.1) is 31.0 Å². The number of alkyl halides is 4. The van der Waals surface area contributed by atoms with E-state index < -0.39 is 82.1 Å². The van der Waals surface area contributed by atoms with Crippen LogP contribution in [0.5, 0.6) is 0 Å². The number of ether oxygens (including phenoxy) is 2. The van der Waals surface area contributed by atoms with Crippen molar-refractivity contribution in [3.63, 3.8) is 0 Å². The number of rotatable bonds is 6. The molecule has 3 aliphatic rings. The molecular weight excluding hydrogens is 415 g/mol. The van der Waals surface area contributed by atoms with Gasteiger partial charge in [0.1, 0.15) is 6.10 Å². The summed E-state index contributed by atoms with van der Waals surface area (Å²) < 4.78 is 92.9. The van der Waals surface area contributed by atoms with Gasteiger partial charge in [0, 0.05) is 11.8 Å². The number of esters is 2. The van der Waals surface area contributed by atoms with E-state index in [4.69, 9.17) is 4.74 Å². The van der Waals surface area contributed by atoms with Gasteiger partial charge in [-0.25, -0.2) is 8.42 Å². The van der Waals surface area contributed by atoms with E-state index in [0.717, 1.165) is 0 Å². The first kappa shape index (κ1) is 22.8. The van der Waals surface area contributed by atoms with Gasteiger partial charge in [-0.15, -0.1) is 0 Å². The van der Waals surface area contributed by atoms with E-state index in [-0.39, 0.29) is 29.6 Å². The molecule has 1 saturated heterocycles. The summed E-state index contributed by atoms with van der Waals surface area (Å²) in [6.07, 6.45) is -3.46. The van der Waals surface area contributed by atoms with E-state index in [1.54, 1.807) is 0 Å². The molecule has 1 N–H and O–H groups in total. The molecule has 8 nitrogen and oxygen atoms in total. The summed E-state index contributed by atoms with van der Waals surface area (Å²) in [7, 11) is -6.62. The van der Waals surface area contributed by atoms with Gasteiger partial charge in [-0.2, -0.15) is 17.6 Å². The average Bonchev–Trinajstić information content (AvgIpc) is 3.09. The molecule has 3 fully saturated rings. The summed E-state index contributed by atoms with van der Waals surface area (Å²) in [6, 6.07) is 0. The molecule has 1 aliphatic heterocycles. The fourth-order valence-corrected chi connectivity index (χ4v) is 4.51. The van der Waals surface area contributed by atoms with Crippen molar-refractivity contribution in [1.82, 2.24) is 0 Å². The van der Waals surface area contributed by atoms with Crippen molar-refractivity contribution in [3.05, 3.63) is 0 Å². The first-order valence-electron chi connectivity index (χ1n) is 7.56. The van der Waals surface area contributed by atoms with Crippen LogP contribution in [0.3, 0.4) is 0 Å². The van der Waals surface area contributed by atoms with Gasteiger partial charge in [0.25, 0.3) is 0 Å². The molecule has 6 unspecified atom stereocenters. The molecule has 1 heterocycles. The van der Waals surface area contributed by atoms with Gasteiger partial charge in [0.15, 0.2) is 10.1 Å². The molecule has 2 bridgehead atoms. The van der Waals surface area contributed by atoms with Crippen molar-refractivity contribution in [2.24, 2.45) is 23.7 Å². The van der Waals surface area contributed by atoms with Gasteiger partial charge in [-0.3, -0.25) is 9.59 Å². The van der Waals surface area contributed by atoms with Gasteiger partial charge in [-0.05, 0) is 6.42 Å². The van der Waals surface area contributed by atoms with Crippen LogP contribution in [-0.4, -0.2) is 60.0 Å². The zero-order chi connectivity index (χ0) is 19.7. The van der Waals surface area contributed by atoms with Crippen LogP contribution in [0, 0.1) is 23.7 Å². The molecule has 0 radical (unpaired) electrons. The predicted octanol–water partition coefficient (Wildman–Crippen LogP) is -3.13. The van der Waals surface area contributed by atoms with E-state index in [1.807, 2.05) is 0 Å². The minimum absolute atomic E-state index is 0. The molecular formula is C13H13F4NaO8S. The Morgan fingerprint density at radius 3 is 2.44 bits per heavy atom. The minimum Gasteiger partial charge on any atom is -0.743 e. The molecule has 0 amide bonds. The van der Waals surface area contributed by atoms with Crippen LogP contribution in [-0.2, 0) is 29.2 Å². The molecule has 0 spiro atoms. The Labute approximate surface area is 172 Å². The Kier molecular flexibility index (Phi) is 6.00. The molecule has 6 atom stereocenters. The second kappa shape index (κ2) is 7.10. The number of aliphatic hydroxyl groups excluding tert-OH is 1. The maximum atomic E-state index is 13.3. The fourth-order valence-electron chi connectivity index (χ4n) is 4.04. The summed E-state index contributed by atoms with van der Waals surface area (Å²) in [5, 5.41) is 4.12. The third kappa shape index (κ3) is 3.39. The van der Waals surface area contributed by atoms with Crippen molar-refractivity contribution in [2.45, 2.75) is 36.2 Å². The molecule has 27 heavy (non-hydrogen) atoms. The third-order valence-electron chi connectivity index (χ3n) is 5.25. The molecule has 2 aliphatic carbocycles. The Hall–Kier alpha value is -0.470. The minimum atomic E-state index is -6.62. The zero-order valence-electron chi connectivity index (χ0n) is 13.8. The number of carbonyl (C=O) groups excluding carboxylic acids is 2. The molecule has 14 heteroatoms. The van der Waals surface area contributed by atoms with Crippen LogP contribution in [0.25, 0.3) is 0 Å². The summed E-state index contributed by atoms with van der Waals surface area (Å²) in [4.78, 5) is 23.9. The number of hydrogen-bond donors (Lipinski definition) is 1. The normalized spacial score (nSPS) is 35.0. The first-order chi connectivity index (χ1) is 11.8. The summed E-state index contributed by atoms with van der Waals surface area (Å²) in [5.74, 6) is -10.3. The molecule has 0 aromatic heterocycles. The van der Waals surface area contributed by atoms with E-state index in [2.05, 4.69) is 4.74 Å². The Bertz CT molecular complexity index is 745. The SMILES string of the molecule is O=C(OCCC(F)(F)C(F)(F)S(=O)(=O)[O-])C1C2CC3C(OC(=O)C31)C2O.[Na+]. The van der Waals surface area contributed by atoms with Crippen LogP contribution in [0.15, 0.2) is 0 Å². The summed E-state index contributed by atoms with van der Waals surface area (Å²) >= 11 is 0. The largest absolute Gasteiger partial charge is 1.00 e. The van der Waals surface area contributed by atoms with Crippen LogP contribution in [0.4, 0.5) is 17.6 Å². The van der Waals surface area contributed by atoms with E-state index in [1.165, 1.54) is 0 Å². The molecule has 148 valence electrons. The van der Waals surface area contributed by atoms with Crippen LogP contribution in [0.1, 0.15) is 12.8 Å².